The molecule has 0 radical (unpaired) electrons. The van der Waals surface area contributed by atoms with E-state index in [4.69, 9.17) is 5.11 Å². The lowest BCUT2D eigenvalue weighted by Gasteiger charge is -2.44. The summed E-state index contributed by atoms with van der Waals surface area (Å²) >= 11 is 0. The van der Waals surface area contributed by atoms with E-state index in [1.54, 1.807) is 19.9 Å². The summed E-state index contributed by atoms with van der Waals surface area (Å²) in [6.07, 6.45) is 2.34. The number of carboxylic acids is 1. The van der Waals surface area contributed by atoms with E-state index in [0.29, 0.717) is 24.3 Å². The average molecular weight is 257 g/mol. The molecule has 0 aliphatic carbocycles. The van der Waals surface area contributed by atoms with Gasteiger partial charge in [-0.25, -0.2) is 0 Å². The van der Waals surface area contributed by atoms with E-state index in [0.717, 1.165) is 0 Å². The van der Waals surface area contributed by atoms with Gasteiger partial charge in [-0.05, 0) is 13.8 Å². The highest BCUT2D eigenvalue weighted by Gasteiger charge is 2.45. The first-order chi connectivity index (χ1) is 7.83. The van der Waals surface area contributed by atoms with Crippen LogP contribution >= 0.6 is 0 Å². The normalized spacial score (nSPS) is 28.2. The number of amides is 1. The van der Waals surface area contributed by atoms with Crippen LogP contribution in [0.4, 0.5) is 0 Å². The van der Waals surface area contributed by atoms with Crippen molar-refractivity contribution >= 4 is 22.7 Å². The minimum absolute atomic E-state index is 0.0597. The molecule has 1 unspecified atom stereocenters. The predicted octanol–water partition coefficient (Wildman–Crippen LogP) is 0.692. The number of hydrogen-bond donors (Lipinski definition) is 1. The lowest BCUT2D eigenvalue weighted by molar-refractivity contribution is -0.148. The standard InChI is InChI=1S/C11H15NO4S/c1-11(2,10(14)15)6-7-3-4-17(16)9-5-8(13)12(7)9/h3,9H,4-6H2,1-2H3,(H,14,15)/t9-,17?/m0/s1. The molecule has 1 N–H and O–H groups in total. The Morgan fingerprint density at radius 3 is 2.82 bits per heavy atom. The summed E-state index contributed by atoms with van der Waals surface area (Å²) in [6, 6.07) is 0. The molecule has 17 heavy (non-hydrogen) atoms. The van der Waals surface area contributed by atoms with E-state index in [-0.39, 0.29) is 11.3 Å². The second-order valence-electron chi connectivity index (χ2n) is 5.03. The molecule has 2 aliphatic heterocycles. The molecule has 2 atom stereocenters. The van der Waals surface area contributed by atoms with Gasteiger partial charge < -0.3 is 10.0 Å². The van der Waals surface area contributed by atoms with Gasteiger partial charge in [0.25, 0.3) is 0 Å². The Balaban J connectivity index is 2.19. The van der Waals surface area contributed by atoms with Crippen LogP contribution in [0.3, 0.4) is 0 Å². The zero-order valence-corrected chi connectivity index (χ0v) is 10.6. The second-order valence-corrected chi connectivity index (χ2v) is 6.67. The van der Waals surface area contributed by atoms with Gasteiger partial charge in [-0.1, -0.05) is 6.08 Å². The number of rotatable bonds is 3. The molecule has 2 aliphatic rings. The zero-order valence-electron chi connectivity index (χ0n) is 9.80. The van der Waals surface area contributed by atoms with Crippen LogP contribution in [0.15, 0.2) is 11.8 Å². The third-order valence-corrected chi connectivity index (χ3v) is 4.68. The fourth-order valence-electron chi connectivity index (χ4n) is 2.02. The first-order valence-corrected chi connectivity index (χ1v) is 6.83. The summed E-state index contributed by atoms with van der Waals surface area (Å²) in [5.41, 5.74) is -0.205. The lowest BCUT2D eigenvalue weighted by Crippen LogP contribution is -2.56. The molecule has 6 heteroatoms. The maximum Gasteiger partial charge on any atom is 0.309 e. The molecule has 0 spiro atoms. The number of carbonyl (C=O) groups is 2. The van der Waals surface area contributed by atoms with Gasteiger partial charge in [-0.3, -0.25) is 13.8 Å². The first-order valence-electron chi connectivity index (χ1n) is 5.44. The molecule has 0 saturated carbocycles. The maximum atomic E-state index is 11.6. The third kappa shape index (κ3) is 2.01. The van der Waals surface area contributed by atoms with Crippen molar-refractivity contribution in [1.82, 2.24) is 4.90 Å². The van der Waals surface area contributed by atoms with Crippen molar-refractivity contribution < 1.29 is 18.9 Å². The van der Waals surface area contributed by atoms with E-state index >= 15 is 0 Å². The molecule has 0 aromatic rings. The van der Waals surface area contributed by atoms with Crippen molar-refractivity contribution in [1.29, 1.82) is 0 Å². The molecule has 94 valence electrons. The van der Waals surface area contributed by atoms with Gasteiger partial charge in [-0.2, -0.15) is 0 Å². The monoisotopic (exact) mass is 257 g/mol. The third-order valence-electron chi connectivity index (χ3n) is 3.20. The Morgan fingerprint density at radius 2 is 2.29 bits per heavy atom. The molecule has 2 heterocycles. The van der Waals surface area contributed by atoms with Crippen LogP contribution in [0, 0.1) is 5.41 Å². The van der Waals surface area contributed by atoms with Crippen molar-refractivity contribution in [3.63, 3.8) is 0 Å². The maximum absolute atomic E-state index is 11.6. The highest BCUT2D eigenvalue weighted by molar-refractivity contribution is 7.85. The minimum atomic E-state index is -1.03. The van der Waals surface area contributed by atoms with Gasteiger partial charge in [0.2, 0.25) is 5.91 Å². The summed E-state index contributed by atoms with van der Waals surface area (Å²) in [5.74, 6) is -0.537. The fourth-order valence-corrected chi connectivity index (χ4v) is 3.41. The van der Waals surface area contributed by atoms with Crippen molar-refractivity contribution in [3.05, 3.63) is 11.8 Å². The Morgan fingerprint density at radius 1 is 1.65 bits per heavy atom. The van der Waals surface area contributed by atoms with Crippen molar-refractivity contribution in [2.24, 2.45) is 5.41 Å². The van der Waals surface area contributed by atoms with Gasteiger partial charge in [0.05, 0.1) is 11.8 Å². The summed E-state index contributed by atoms with van der Waals surface area (Å²) in [6.45, 7) is 3.25. The number of allylic oxidation sites excluding steroid dienone is 1. The van der Waals surface area contributed by atoms with E-state index < -0.39 is 22.2 Å². The second kappa shape index (κ2) is 3.94. The highest BCUT2D eigenvalue weighted by atomic mass is 32.2. The molecular formula is C11H15NO4S. The quantitative estimate of drug-likeness (QED) is 0.755. The Labute approximate surface area is 102 Å². The Hall–Kier alpha value is -1.17. The van der Waals surface area contributed by atoms with Crippen LogP contribution in [0.25, 0.3) is 0 Å². The first kappa shape index (κ1) is 12.3. The molecule has 1 fully saturated rings. The van der Waals surface area contributed by atoms with Crippen LogP contribution < -0.4 is 0 Å². The number of carboxylic acid groups (broad SMARTS) is 1. The van der Waals surface area contributed by atoms with E-state index in [1.165, 1.54) is 4.90 Å². The molecule has 2 rings (SSSR count). The van der Waals surface area contributed by atoms with Crippen molar-refractivity contribution in [3.8, 4) is 0 Å². The number of aliphatic carboxylic acids is 1. The SMILES string of the molecule is CC(C)(CC1=CCS(=O)[C@H]2CC(=O)N12)C(=O)O. The van der Waals surface area contributed by atoms with Crippen molar-refractivity contribution in [2.75, 3.05) is 5.75 Å². The van der Waals surface area contributed by atoms with Crippen LogP contribution in [0.2, 0.25) is 0 Å². The topological polar surface area (TPSA) is 74.7 Å². The van der Waals surface area contributed by atoms with Crippen LogP contribution in [-0.4, -0.2) is 37.2 Å². The van der Waals surface area contributed by atoms with Gasteiger partial charge in [0.1, 0.15) is 5.37 Å². The molecule has 1 amide bonds. The van der Waals surface area contributed by atoms with Gasteiger partial charge in [-0.15, -0.1) is 0 Å². The molecule has 5 nitrogen and oxygen atoms in total. The smallest absolute Gasteiger partial charge is 0.309 e. The zero-order chi connectivity index (χ0) is 12.8. The van der Waals surface area contributed by atoms with Gasteiger partial charge >= 0.3 is 5.97 Å². The number of β-lactam (4-membered cyclic amide) rings is 1. The summed E-state index contributed by atoms with van der Waals surface area (Å²) in [5, 5.41) is 8.84. The van der Waals surface area contributed by atoms with Crippen LogP contribution in [-0.2, 0) is 20.4 Å². The lowest BCUT2D eigenvalue weighted by atomic mass is 9.86. The predicted molar refractivity (Wildman–Crippen MR) is 62.4 cm³/mol. The Kier molecular flexibility index (Phi) is 2.85. The van der Waals surface area contributed by atoms with Gasteiger partial charge in [0, 0.05) is 28.7 Å². The van der Waals surface area contributed by atoms with Gasteiger partial charge in [0.15, 0.2) is 0 Å². The largest absolute Gasteiger partial charge is 0.481 e. The minimum Gasteiger partial charge on any atom is -0.481 e. The van der Waals surface area contributed by atoms with E-state index in [2.05, 4.69) is 0 Å². The fraction of sp³-hybridized carbons (Fsp3) is 0.636. The Bertz CT molecular complexity index is 441. The van der Waals surface area contributed by atoms with Crippen molar-refractivity contribution in [2.45, 2.75) is 32.1 Å². The molecule has 1 saturated heterocycles. The summed E-state index contributed by atoms with van der Waals surface area (Å²) < 4.78 is 11.6. The average Bonchev–Trinajstić information content (AvgIpc) is 2.20. The van der Waals surface area contributed by atoms with Crippen LogP contribution in [0.5, 0.6) is 0 Å². The molecule has 0 aromatic heterocycles. The van der Waals surface area contributed by atoms with E-state index in [1.807, 2.05) is 0 Å². The highest BCUT2D eigenvalue weighted by Crippen LogP contribution is 2.37. The summed E-state index contributed by atoms with van der Waals surface area (Å²) in [4.78, 5) is 24.0. The number of carbonyl (C=O) groups excluding carboxylic acids is 1. The molecule has 0 bridgehead atoms. The number of nitrogens with zero attached hydrogens (tertiary/aromatic N) is 1. The molecule has 0 aromatic carbocycles. The number of fused-ring (bicyclic) bond motifs is 1. The van der Waals surface area contributed by atoms with Crippen LogP contribution in [0.1, 0.15) is 26.7 Å². The summed E-state index contributed by atoms with van der Waals surface area (Å²) in [7, 11) is -1.03. The number of hydrogen-bond acceptors (Lipinski definition) is 3. The molecular weight excluding hydrogens is 242 g/mol. The van der Waals surface area contributed by atoms with E-state index in [9.17, 15) is 13.8 Å².